The van der Waals surface area contributed by atoms with Gasteiger partial charge in [-0.2, -0.15) is 0 Å². The summed E-state index contributed by atoms with van der Waals surface area (Å²) < 4.78 is 0. The van der Waals surface area contributed by atoms with E-state index < -0.39 is 0 Å². The van der Waals surface area contributed by atoms with E-state index in [1.807, 2.05) is 12.1 Å². The summed E-state index contributed by atoms with van der Waals surface area (Å²) in [4.78, 5) is 0. The van der Waals surface area contributed by atoms with Gasteiger partial charge >= 0.3 is 0 Å². The summed E-state index contributed by atoms with van der Waals surface area (Å²) >= 11 is 11.7. The quantitative estimate of drug-likeness (QED) is 0.737. The van der Waals surface area contributed by atoms with Crippen molar-refractivity contribution in [3.63, 3.8) is 0 Å². The smallest absolute Gasteiger partial charge is 0.0424 e. The fourth-order valence-corrected chi connectivity index (χ4v) is 1.89. The Morgan fingerprint density at radius 2 is 1.75 bits per heavy atom. The van der Waals surface area contributed by atoms with Gasteiger partial charge in [0.2, 0.25) is 0 Å². The third kappa shape index (κ3) is 1.58. The summed E-state index contributed by atoms with van der Waals surface area (Å²) in [7, 11) is 0. The molecule has 0 aromatic heterocycles. The van der Waals surface area contributed by atoms with Crippen LogP contribution in [0.3, 0.4) is 0 Å². The molecule has 12 heavy (non-hydrogen) atoms. The average molecular weight is 202 g/mol. The van der Waals surface area contributed by atoms with Crippen LogP contribution in [0.2, 0.25) is 10.0 Å². The molecule has 1 aliphatic heterocycles. The van der Waals surface area contributed by atoms with Gasteiger partial charge in [-0.25, -0.2) is 0 Å². The first-order chi connectivity index (χ1) is 5.75. The minimum Gasteiger partial charge on any atom is -0.310 e. The van der Waals surface area contributed by atoms with Crippen LogP contribution in [0, 0.1) is 0 Å². The fraction of sp³-hybridized carbons (Fsp3) is 0.333. The zero-order valence-electron chi connectivity index (χ0n) is 6.48. The summed E-state index contributed by atoms with van der Waals surface area (Å²) in [5.74, 6) is 0. The van der Waals surface area contributed by atoms with Gasteiger partial charge in [-0.05, 0) is 36.7 Å². The van der Waals surface area contributed by atoms with E-state index in [9.17, 15) is 0 Å². The van der Waals surface area contributed by atoms with Crippen LogP contribution in [0.15, 0.2) is 18.2 Å². The number of halogens is 2. The average Bonchev–Trinajstić information content (AvgIpc) is 1.79. The van der Waals surface area contributed by atoms with Crippen molar-refractivity contribution in [2.75, 3.05) is 6.54 Å². The van der Waals surface area contributed by atoms with E-state index in [2.05, 4.69) is 5.32 Å². The molecule has 0 amide bonds. The van der Waals surface area contributed by atoms with Crippen LogP contribution in [-0.4, -0.2) is 6.54 Å². The molecule has 0 radical (unpaired) electrons. The Morgan fingerprint density at radius 1 is 1.17 bits per heavy atom. The highest BCUT2D eigenvalue weighted by Crippen LogP contribution is 2.28. The predicted octanol–water partition coefficient (Wildman–Crippen LogP) is 3.03. The maximum Gasteiger partial charge on any atom is 0.0424 e. The molecule has 3 heteroatoms. The van der Waals surface area contributed by atoms with E-state index in [0.29, 0.717) is 16.1 Å². The molecular weight excluding hydrogens is 193 g/mol. The molecule has 0 bridgehead atoms. The third-order valence-corrected chi connectivity index (χ3v) is 2.55. The van der Waals surface area contributed by atoms with E-state index in [1.54, 1.807) is 6.07 Å². The number of nitrogens with one attached hydrogen (secondary N) is 1. The van der Waals surface area contributed by atoms with Crippen molar-refractivity contribution in [1.29, 1.82) is 0 Å². The predicted molar refractivity (Wildman–Crippen MR) is 51.8 cm³/mol. The molecule has 1 heterocycles. The van der Waals surface area contributed by atoms with Crippen molar-refractivity contribution >= 4 is 23.2 Å². The van der Waals surface area contributed by atoms with Crippen LogP contribution in [0.5, 0.6) is 0 Å². The molecule has 1 nitrogen and oxygen atoms in total. The van der Waals surface area contributed by atoms with Crippen molar-refractivity contribution in [2.24, 2.45) is 0 Å². The minimum atomic E-state index is 0.459. The van der Waals surface area contributed by atoms with Gasteiger partial charge in [0.1, 0.15) is 0 Å². The second-order valence-corrected chi connectivity index (χ2v) is 3.87. The summed E-state index contributed by atoms with van der Waals surface area (Å²) in [6, 6.07) is 6.14. The maximum absolute atomic E-state index is 5.86. The number of hydrogen-bond donors (Lipinski definition) is 1. The lowest BCUT2D eigenvalue weighted by molar-refractivity contribution is 0.383. The van der Waals surface area contributed by atoms with E-state index >= 15 is 0 Å². The molecule has 1 aromatic carbocycles. The summed E-state index contributed by atoms with van der Waals surface area (Å²) in [6.07, 6.45) is 1.18. The van der Waals surface area contributed by atoms with Gasteiger partial charge in [0.05, 0.1) is 0 Å². The van der Waals surface area contributed by atoms with Crippen molar-refractivity contribution < 1.29 is 0 Å². The van der Waals surface area contributed by atoms with Crippen LogP contribution in [-0.2, 0) is 0 Å². The molecule has 1 aromatic rings. The highest BCUT2D eigenvalue weighted by molar-refractivity contribution is 6.34. The first-order valence-corrected chi connectivity index (χ1v) is 4.71. The monoisotopic (exact) mass is 201 g/mol. The SMILES string of the molecule is Clc1cc(Cl)cc([C@H]2CCN2)c1. The van der Waals surface area contributed by atoms with Crippen molar-refractivity contribution in [1.82, 2.24) is 5.32 Å². The topological polar surface area (TPSA) is 12.0 Å². The van der Waals surface area contributed by atoms with E-state index in [4.69, 9.17) is 23.2 Å². The maximum atomic E-state index is 5.86. The summed E-state index contributed by atoms with van der Waals surface area (Å²) in [5.41, 5.74) is 1.19. The van der Waals surface area contributed by atoms with Crippen LogP contribution in [0.1, 0.15) is 18.0 Å². The van der Waals surface area contributed by atoms with Gasteiger partial charge in [0.25, 0.3) is 0 Å². The highest BCUT2D eigenvalue weighted by atomic mass is 35.5. The van der Waals surface area contributed by atoms with Crippen LogP contribution >= 0.6 is 23.2 Å². The van der Waals surface area contributed by atoms with Crippen LogP contribution < -0.4 is 5.32 Å². The Kier molecular flexibility index (Phi) is 2.26. The van der Waals surface area contributed by atoms with Crippen molar-refractivity contribution in [3.05, 3.63) is 33.8 Å². The fourth-order valence-electron chi connectivity index (χ4n) is 1.35. The molecule has 2 rings (SSSR count). The van der Waals surface area contributed by atoms with Gasteiger partial charge in [0.15, 0.2) is 0 Å². The zero-order chi connectivity index (χ0) is 8.55. The van der Waals surface area contributed by atoms with Crippen molar-refractivity contribution in [3.8, 4) is 0 Å². The lowest BCUT2D eigenvalue weighted by atomic mass is 9.98. The Morgan fingerprint density at radius 3 is 2.17 bits per heavy atom. The molecule has 1 N–H and O–H groups in total. The van der Waals surface area contributed by atoms with E-state index in [1.165, 1.54) is 12.0 Å². The summed E-state index contributed by atoms with van der Waals surface area (Å²) in [6.45, 7) is 1.09. The molecule has 0 saturated carbocycles. The third-order valence-electron chi connectivity index (χ3n) is 2.11. The van der Waals surface area contributed by atoms with Gasteiger partial charge in [-0.1, -0.05) is 23.2 Å². The minimum absolute atomic E-state index is 0.459. The summed E-state index contributed by atoms with van der Waals surface area (Å²) in [5, 5.41) is 4.73. The standard InChI is InChI=1S/C9H9Cl2N/c10-7-3-6(4-8(11)5-7)9-1-2-12-9/h3-5,9,12H,1-2H2/t9-/m1/s1. The molecule has 0 aliphatic carbocycles. The molecule has 0 unspecified atom stereocenters. The molecular formula is C9H9Cl2N. The van der Waals surface area contributed by atoms with Gasteiger partial charge in [-0.3, -0.25) is 0 Å². The molecule has 1 saturated heterocycles. The van der Waals surface area contributed by atoms with E-state index in [0.717, 1.165) is 6.54 Å². The first kappa shape index (κ1) is 8.36. The van der Waals surface area contributed by atoms with Gasteiger partial charge < -0.3 is 5.32 Å². The molecule has 1 aliphatic rings. The Hall–Kier alpha value is -0.240. The van der Waals surface area contributed by atoms with Crippen LogP contribution in [0.25, 0.3) is 0 Å². The van der Waals surface area contributed by atoms with E-state index in [-0.39, 0.29) is 0 Å². The molecule has 1 fully saturated rings. The number of benzene rings is 1. The Balaban J connectivity index is 2.30. The van der Waals surface area contributed by atoms with Gasteiger partial charge in [-0.15, -0.1) is 0 Å². The normalized spacial score (nSPS) is 22.0. The van der Waals surface area contributed by atoms with Crippen molar-refractivity contribution in [2.45, 2.75) is 12.5 Å². The Bertz CT molecular complexity index is 274. The molecule has 0 spiro atoms. The molecule has 64 valence electrons. The lowest BCUT2D eigenvalue weighted by Gasteiger charge is -2.28. The first-order valence-electron chi connectivity index (χ1n) is 3.95. The van der Waals surface area contributed by atoms with Crippen LogP contribution in [0.4, 0.5) is 0 Å². The number of rotatable bonds is 1. The lowest BCUT2D eigenvalue weighted by Crippen LogP contribution is -2.34. The Labute approximate surface area is 81.7 Å². The second kappa shape index (κ2) is 3.25. The molecule has 1 atom stereocenters. The largest absolute Gasteiger partial charge is 0.310 e. The second-order valence-electron chi connectivity index (χ2n) is 3.00. The number of hydrogen-bond acceptors (Lipinski definition) is 1. The van der Waals surface area contributed by atoms with Gasteiger partial charge in [0, 0.05) is 16.1 Å². The highest BCUT2D eigenvalue weighted by Gasteiger charge is 2.18. The zero-order valence-corrected chi connectivity index (χ0v) is 7.99.